The average Bonchev–Trinajstić information content (AvgIpc) is 2.19. The summed E-state index contributed by atoms with van der Waals surface area (Å²) in [6, 6.07) is 0. The molecule has 9 heavy (non-hydrogen) atoms. The molecule has 0 aliphatic rings. The molecule has 0 saturated heterocycles. The molecule has 0 aliphatic carbocycles. The molecular weight excluding hydrogens is 142 g/mol. The standard InChI is InChI=1S/C4H7N3O.ClH/c8-2-1-4-5-3-6-7-4;/h3,8H,1-2H2,(H,5,6,7);1H. The molecule has 0 spiro atoms. The van der Waals surface area contributed by atoms with Crippen molar-refractivity contribution >= 4 is 12.4 Å². The van der Waals surface area contributed by atoms with E-state index in [1.807, 2.05) is 0 Å². The van der Waals surface area contributed by atoms with Gasteiger partial charge in [-0.2, -0.15) is 5.10 Å². The molecule has 0 unspecified atom stereocenters. The normalized spacial score (nSPS) is 8.56. The molecule has 0 fully saturated rings. The number of nitrogens with one attached hydrogen (secondary N) is 1. The molecule has 1 heterocycles. The molecule has 0 aromatic carbocycles. The molecular formula is C4H8ClN3O. The molecule has 2 N–H and O–H groups in total. The topological polar surface area (TPSA) is 61.8 Å². The summed E-state index contributed by atoms with van der Waals surface area (Å²) < 4.78 is 0. The number of aliphatic hydroxyl groups is 1. The summed E-state index contributed by atoms with van der Waals surface area (Å²) in [4.78, 5) is 3.78. The van der Waals surface area contributed by atoms with Crippen LogP contribution in [-0.4, -0.2) is 26.9 Å². The van der Waals surface area contributed by atoms with Gasteiger partial charge in [0.15, 0.2) is 0 Å². The number of halogens is 1. The molecule has 0 radical (unpaired) electrons. The summed E-state index contributed by atoms with van der Waals surface area (Å²) in [6.07, 6.45) is 1.98. The first kappa shape index (κ1) is 8.39. The molecule has 5 heteroatoms. The van der Waals surface area contributed by atoms with Crippen LogP contribution in [-0.2, 0) is 6.42 Å². The Bertz CT molecular complexity index is 142. The van der Waals surface area contributed by atoms with E-state index in [-0.39, 0.29) is 19.0 Å². The fourth-order valence-corrected chi connectivity index (χ4v) is 0.457. The van der Waals surface area contributed by atoms with Gasteiger partial charge in [-0.1, -0.05) is 0 Å². The van der Waals surface area contributed by atoms with E-state index in [0.717, 1.165) is 5.82 Å². The second-order valence-corrected chi connectivity index (χ2v) is 1.41. The van der Waals surface area contributed by atoms with Crippen molar-refractivity contribution in [2.24, 2.45) is 0 Å². The second-order valence-electron chi connectivity index (χ2n) is 1.41. The summed E-state index contributed by atoms with van der Waals surface area (Å²) in [6.45, 7) is 0.120. The third kappa shape index (κ3) is 2.43. The Morgan fingerprint density at radius 3 is 2.89 bits per heavy atom. The highest BCUT2D eigenvalue weighted by molar-refractivity contribution is 5.85. The number of aromatic nitrogens is 3. The number of hydrogen-bond acceptors (Lipinski definition) is 3. The van der Waals surface area contributed by atoms with Gasteiger partial charge in [0, 0.05) is 6.42 Å². The van der Waals surface area contributed by atoms with E-state index < -0.39 is 0 Å². The summed E-state index contributed by atoms with van der Waals surface area (Å²) in [5.74, 6) is 0.729. The number of nitrogens with zero attached hydrogens (tertiary/aromatic N) is 2. The highest BCUT2D eigenvalue weighted by Gasteiger charge is 1.89. The lowest BCUT2D eigenvalue weighted by atomic mass is 10.4. The minimum atomic E-state index is 0. The minimum absolute atomic E-state index is 0. The van der Waals surface area contributed by atoms with Crippen molar-refractivity contribution < 1.29 is 5.11 Å². The summed E-state index contributed by atoms with van der Waals surface area (Å²) in [5.41, 5.74) is 0. The van der Waals surface area contributed by atoms with Gasteiger partial charge in [0.1, 0.15) is 12.2 Å². The lowest BCUT2D eigenvalue weighted by Gasteiger charge is -1.84. The first-order valence-electron chi connectivity index (χ1n) is 2.38. The maximum Gasteiger partial charge on any atom is 0.137 e. The molecule has 1 rings (SSSR count). The molecule has 0 atom stereocenters. The lowest BCUT2D eigenvalue weighted by Crippen LogP contribution is -1.91. The number of aromatic amines is 1. The SMILES string of the molecule is Cl.OCCc1ncn[nH]1. The van der Waals surface area contributed by atoms with Gasteiger partial charge in [-0.25, -0.2) is 4.98 Å². The Kier molecular flexibility index (Phi) is 4.00. The van der Waals surface area contributed by atoms with Crippen molar-refractivity contribution in [3.63, 3.8) is 0 Å². The molecule has 52 valence electrons. The molecule has 0 saturated carbocycles. The zero-order valence-corrected chi connectivity index (χ0v) is 5.56. The lowest BCUT2D eigenvalue weighted by molar-refractivity contribution is 0.297. The Labute approximate surface area is 58.7 Å². The zero-order chi connectivity index (χ0) is 5.82. The Morgan fingerprint density at radius 2 is 2.44 bits per heavy atom. The van der Waals surface area contributed by atoms with Gasteiger partial charge < -0.3 is 5.11 Å². The maximum absolute atomic E-state index is 8.35. The summed E-state index contributed by atoms with van der Waals surface area (Å²) >= 11 is 0. The highest BCUT2D eigenvalue weighted by Crippen LogP contribution is 1.83. The first-order valence-corrected chi connectivity index (χ1v) is 2.38. The quantitative estimate of drug-likeness (QED) is 0.610. The van der Waals surface area contributed by atoms with Crippen molar-refractivity contribution in [3.05, 3.63) is 12.2 Å². The van der Waals surface area contributed by atoms with Crippen LogP contribution in [0.4, 0.5) is 0 Å². The molecule has 1 aromatic heterocycles. The van der Waals surface area contributed by atoms with Crippen LogP contribution in [0.3, 0.4) is 0 Å². The third-order valence-corrected chi connectivity index (χ3v) is 0.814. The fraction of sp³-hybridized carbons (Fsp3) is 0.500. The van der Waals surface area contributed by atoms with E-state index in [9.17, 15) is 0 Å². The predicted octanol–water partition coefficient (Wildman–Crippen LogP) is -0.239. The van der Waals surface area contributed by atoms with Gasteiger partial charge in [0.05, 0.1) is 6.61 Å². The second kappa shape index (κ2) is 4.29. The van der Waals surface area contributed by atoms with E-state index in [1.165, 1.54) is 6.33 Å². The van der Waals surface area contributed by atoms with Crippen molar-refractivity contribution in [1.29, 1.82) is 0 Å². The highest BCUT2D eigenvalue weighted by atomic mass is 35.5. The van der Waals surface area contributed by atoms with E-state index in [0.29, 0.717) is 6.42 Å². The van der Waals surface area contributed by atoms with Crippen molar-refractivity contribution in [1.82, 2.24) is 15.2 Å². The van der Waals surface area contributed by atoms with Crippen LogP contribution < -0.4 is 0 Å². The van der Waals surface area contributed by atoms with Gasteiger partial charge in [0.2, 0.25) is 0 Å². The van der Waals surface area contributed by atoms with E-state index in [4.69, 9.17) is 5.11 Å². The zero-order valence-electron chi connectivity index (χ0n) is 4.74. The van der Waals surface area contributed by atoms with Crippen LogP contribution in [0, 0.1) is 0 Å². The van der Waals surface area contributed by atoms with Crippen LogP contribution >= 0.6 is 12.4 Å². The number of aliphatic hydroxyl groups excluding tert-OH is 1. The van der Waals surface area contributed by atoms with Crippen LogP contribution in [0.25, 0.3) is 0 Å². The van der Waals surface area contributed by atoms with E-state index in [2.05, 4.69) is 15.2 Å². The van der Waals surface area contributed by atoms with Crippen LogP contribution in [0.1, 0.15) is 5.82 Å². The Morgan fingerprint density at radius 1 is 1.67 bits per heavy atom. The monoisotopic (exact) mass is 149 g/mol. The number of hydrogen-bond donors (Lipinski definition) is 2. The van der Waals surface area contributed by atoms with Crippen LogP contribution in [0.2, 0.25) is 0 Å². The van der Waals surface area contributed by atoms with Gasteiger partial charge in [-0.15, -0.1) is 12.4 Å². The van der Waals surface area contributed by atoms with Gasteiger partial charge in [-0.05, 0) is 0 Å². The summed E-state index contributed by atoms with van der Waals surface area (Å²) in [7, 11) is 0. The first-order chi connectivity index (χ1) is 3.93. The minimum Gasteiger partial charge on any atom is -0.396 e. The molecule has 0 aliphatic heterocycles. The van der Waals surface area contributed by atoms with Gasteiger partial charge in [0.25, 0.3) is 0 Å². The van der Waals surface area contributed by atoms with Crippen molar-refractivity contribution in [2.75, 3.05) is 6.61 Å². The Balaban J connectivity index is 0.000000640. The van der Waals surface area contributed by atoms with Crippen LogP contribution in [0.5, 0.6) is 0 Å². The molecule has 4 nitrogen and oxygen atoms in total. The van der Waals surface area contributed by atoms with Gasteiger partial charge in [-0.3, -0.25) is 5.10 Å². The predicted molar refractivity (Wildman–Crippen MR) is 34.4 cm³/mol. The van der Waals surface area contributed by atoms with Crippen molar-refractivity contribution in [2.45, 2.75) is 6.42 Å². The van der Waals surface area contributed by atoms with E-state index in [1.54, 1.807) is 0 Å². The molecule has 0 amide bonds. The largest absolute Gasteiger partial charge is 0.396 e. The Hall–Kier alpha value is -0.610. The molecule has 0 bridgehead atoms. The van der Waals surface area contributed by atoms with E-state index >= 15 is 0 Å². The number of H-pyrrole nitrogens is 1. The number of rotatable bonds is 2. The average molecular weight is 150 g/mol. The van der Waals surface area contributed by atoms with Crippen LogP contribution in [0.15, 0.2) is 6.33 Å². The molecule has 1 aromatic rings. The summed E-state index contributed by atoms with van der Waals surface area (Å²) in [5, 5.41) is 14.6. The smallest absolute Gasteiger partial charge is 0.137 e. The van der Waals surface area contributed by atoms with Crippen molar-refractivity contribution in [3.8, 4) is 0 Å². The third-order valence-electron chi connectivity index (χ3n) is 0.814. The fourth-order valence-electron chi connectivity index (χ4n) is 0.457. The maximum atomic E-state index is 8.35. The van der Waals surface area contributed by atoms with Gasteiger partial charge >= 0.3 is 0 Å².